The van der Waals surface area contributed by atoms with Gasteiger partial charge in [0.15, 0.2) is 0 Å². The van der Waals surface area contributed by atoms with E-state index in [0.717, 1.165) is 49.0 Å². The lowest BCUT2D eigenvalue weighted by molar-refractivity contribution is -0.116. The predicted molar refractivity (Wildman–Crippen MR) is 102 cm³/mol. The van der Waals surface area contributed by atoms with Crippen molar-refractivity contribution in [3.8, 4) is 5.75 Å². The Bertz CT molecular complexity index is 740. The molecule has 6 heteroatoms. The molecule has 0 atom stereocenters. The normalized spacial score (nSPS) is 14.2. The van der Waals surface area contributed by atoms with Crippen LogP contribution in [-0.4, -0.2) is 43.8 Å². The summed E-state index contributed by atoms with van der Waals surface area (Å²) in [6.07, 6.45) is 1.98. The number of anilines is 2. The van der Waals surface area contributed by atoms with Crippen molar-refractivity contribution < 1.29 is 14.3 Å². The molecule has 1 amide bonds. The molecular formula is C20H25N3O3. The molecule has 0 saturated carbocycles. The van der Waals surface area contributed by atoms with Crippen LogP contribution in [0.1, 0.15) is 17.5 Å². The molecule has 3 rings (SSSR count). The number of morpholine rings is 1. The van der Waals surface area contributed by atoms with Gasteiger partial charge in [0, 0.05) is 13.1 Å². The Hall–Kier alpha value is -2.60. The number of benzene rings is 1. The molecule has 26 heavy (non-hydrogen) atoms. The summed E-state index contributed by atoms with van der Waals surface area (Å²) in [4.78, 5) is 18.7. The second kappa shape index (κ2) is 8.67. The van der Waals surface area contributed by atoms with Crippen LogP contribution >= 0.6 is 0 Å². The lowest BCUT2D eigenvalue weighted by Gasteiger charge is -2.27. The highest BCUT2D eigenvalue weighted by atomic mass is 16.5. The van der Waals surface area contributed by atoms with Crippen LogP contribution in [0.15, 0.2) is 36.5 Å². The molecule has 0 bridgehead atoms. The molecule has 6 nitrogen and oxygen atoms in total. The molecule has 0 aliphatic carbocycles. The van der Waals surface area contributed by atoms with Crippen LogP contribution in [0.3, 0.4) is 0 Å². The molecule has 0 radical (unpaired) electrons. The van der Waals surface area contributed by atoms with Gasteiger partial charge in [0.05, 0.1) is 38.1 Å². The van der Waals surface area contributed by atoms with Crippen molar-refractivity contribution in [2.24, 2.45) is 0 Å². The van der Waals surface area contributed by atoms with Crippen LogP contribution in [0, 0.1) is 13.8 Å². The van der Waals surface area contributed by atoms with E-state index in [9.17, 15) is 4.79 Å². The van der Waals surface area contributed by atoms with Crippen molar-refractivity contribution in [1.82, 2.24) is 4.98 Å². The van der Waals surface area contributed by atoms with Crippen molar-refractivity contribution in [3.05, 3.63) is 47.7 Å². The zero-order chi connectivity index (χ0) is 18.4. The Morgan fingerprint density at radius 3 is 2.77 bits per heavy atom. The van der Waals surface area contributed by atoms with Gasteiger partial charge >= 0.3 is 0 Å². The minimum absolute atomic E-state index is 0.0868. The monoisotopic (exact) mass is 355 g/mol. The SMILES string of the molecule is Cc1ccc(C)c(OCCC(=O)Nc2ccc(N3CCOCC3)nc2)c1. The topological polar surface area (TPSA) is 63.7 Å². The van der Waals surface area contributed by atoms with Crippen LogP contribution in [0.25, 0.3) is 0 Å². The van der Waals surface area contributed by atoms with E-state index in [1.54, 1.807) is 6.20 Å². The van der Waals surface area contributed by atoms with Crippen LogP contribution in [0.5, 0.6) is 5.75 Å². The molecule has 0 spiro atoms. The number of carbonyl (C=O) groups is 1. The Morgan fingerprint density at radius 1 is 1.23 bits per heavy atom. The van der Waals surface area contributed by atoms with Crippen LogP contribution in [0.2, 0.25) is 0 Å². The summed E-state index contributed by atoms with van der Waals surface area (Å²) in [6.45, 7) is 7.49. The highest BCUT2D eigenvalue weighted by Gasteiger charge is 2.12. The van der Waals surface area contributed by atoms with Crippen molar-refractivity contribution in [2.75, 3.05) is 43.1 Å². The van der Waals surface area contributed by atoms with Crippen LogP contribution in [-0.2, 0) is 9.53 Å². The van der Waals surface area contributed by atoms with Gasteiger partial charge in [-0.15, -0.1) is 0 Å². The fraction of sp³-hybridized carbons (Fsp3) is 0.400. The number of aromatic nitrogens is 1. The van der Waals surface area contributed by atoms with E-state index in [-0.39, 0.29) is 5.91 Å². The number of amides is 1. The third-order valence-corrected chi connectivity index (χ3v) is 4.30. The Balaban J connectivity index is 1.46. The average molecular weight is 355 g/mol. The average Bonchev–Trinajstić information content (AvgIpc) is 2.66. The Labute approximate surface area is 154 Å². The zero-order valence-electron chi connectivity index (χ0n) is 15.3. The molecule has 1 fully saturated rings. The number of hydrogen-bond donors (Lipinski definition) is 1. The first-order valence-electron chi connectivity index (χ1n) is 8.90. The molecular weight excluding hydrogens is 330 g/mol. The number of ether oxygens (including phenoxy) is 2. The molecule has 1 saturated heterocycles. The maximum atomic E-state index is 12.1. The van der Waals surface area contributed by atoms with Gasteiger partial charge in [0.2, 0.25) is 5.91 Å². The van der Waals surface area contributed by atoms with Crippen LogP contribution < -0.4 is 15.0 Å². The Morgan fingerprint density at radius 2 is 2.04 bits per heavy atom. The molecule has 0 unspecified atom stereocenters. The predicted octanol–water partition coefficient (Wildman–Crippen LogP) is 2.94. The molecule has 1 aromatic heterocycles. The third-order valence-electron chi connectivity index (χ3n) is 4.30. The van der Waals surface area contributed by atoms with Gasteiger partial charge in [-0.05, 0) is 43.2 Å². The summed E-state index contributed by atoms with van der Waals surface area (Å²) in [5.41, 5.74) is 2.90. The lowest BCUT2D eigenvalue weighted by Crippen LogP contribution is -2.36. The Kier molecular flexibility index (Phi) is 6.07. The summed E-state index contributed by atoms with van der Waals surface area (Å²) >= 11 is 0. The number of pyridine rings is 1. The number of hydrogen-bond acceptors (Lipinski definition) is 5. The van der Waals surface area contributed by atoms with E-state index in [1.807, 2.05) is 44.2 Å². The summed E-state index contributed by atoms with van der Waals surface area (Å²) < 4.78 is 11.1. The van der Waals surface area contributed by atoms with E-state index >= 15 is 0 Å². The second-order valence-corrected chi connectivity index (χ2v) is 6.42. The molecule has 138 valence electrons. The number of aryl methyl sites for hydroxylation is 2. The first-order chi connectivity index (χ1) is 12.6. The molecule has 2 heterocycles. The standard InChI is InChI=1S/C20H25N3O3/c1-15-3-4-16(2)18(13-15)26-10-7-20(24)22-17-5-6-19(21-14-17)23-8-11-25-12-9-23/h3-6,13-14H,7-12H2,1-2H3,(H,22,24). The van der Waals surface area contributed by atoms with Gasteiger partial charge in [-0.2, -0.15) is 0 Å². The summed E-state index contributed by atoms with van der Waals surface area (Å²) in [5.74, 6) is 1.65. The summed E-state index contributed by atoms with van der Waals surface area (Å²) in [6, 6.07) is 9.85. The van der Waals surface area contributed by atoms with E-state index in [2.05, 4.69) is 15.2 Å². The maximum absolute atomic E-state index is 12.1. The second-order valence-electron chi connectivity index (χ2n) is 6.42. The minimum Gasteiger partial charge on any atom is -0.493 e. The van der Waals surface area contributed by atoms with Gasteiger partial charge in [-0.3, -0.25) is 4.79 Å². The smallest absolute Gasteiger partial charge is 0.227 e. The number of rotatable bonds is 6. The summed E-state index contributed by atoms with van der Waals surface area (Å²) in [7, 11) is 0. The minimum atomic E-state index is -0.0868. The van der Waals surface area contributed by atoms with Gasteiger partial charge < -0.3 is 19.7 Å². The maximum Gasteiger partial charge on any atom is 0.227 e. The number of carbonyl (C=O) groups excluding carboxylic acids is 1. The third kappa shape index (κ3) is 4.95. The highest BCUT2D eigenvalue weighted by Crippen LogP contribution is 2.19. The van der Waals surface area contributed by atoms with Crippen molar-refractivity contribution in [3.63, 3.8) is 0 Å². The molecule has 1 N–H and O–H groups in total. The van der Waals surface area contributed by atoms with Gasteiger partial charge in [0.1, 0.15) is 11.6 Å². The summed E-state index contributed by atoms with van der Waals surface area (Å²) in [5, 5.41) is 2.86. The lowest BCUT2D eigenvalue weighted by atomic mass is 10.1. The molecule has 1 aromatic carbocycles. The fourth-order valence-corrected chi connectivity index (χ4v) is 2.78. The van der Waals surface area contributed by atoms with Gasteiger partial charge in [0.25, 0.3) is 0 Å². The van der Waals surface area contributed by atoms with E-state index in [0.29, 0.717) is 18.7 Å². The molecule has 1 aliphatic heterocycles. The van der Waals surface area contributed by atoms with Gasteiger partial charge in [-0.1, -0.05) is 12.1 Å². The highest BCUT2D eigenvalue weighted by molar-refractivity contribution is 5.90. The first-order valence-corrected chi connectivity index (χ1v) is 8.90. The van der Waals surface area contributed by atoms with E-state index in [4.69, 9.17) is 9.47 Å². The van der Waals surface area contributed by atoms with Crippen LogP contribution in [0.4, 0.5) is 11.5 Å². The van der Waals surface area contributed by atoms with E-state index in [1.165, 1.54) is 0 Å². The van der Waals surface area contributed by atoms with Crippen molar-refractivity contribution in [1.29, 1.82) is 0 Å². The molecule has 1 aliphatic rings. The molecule has 2 aromatic rings. The zero-order valence-corrected chi connectivity index (χ0v) is 15.3. The first kappa shape index (κ1) is 18.2. The largest absolute Gasteiger partial charge is 0.493 e. The number of nitrogens with one attached hydrogen (secondary N) is 1. The van der Waals surface area contributed by atoms with Crippen molar-refractivity contribution >= 4 is 17.4 Å². The van der Waals surface area contributed by atoms with E-state index < -0.39 is 0 Å². The number of nitrogens with zero attached hydrogens (tertiary/aromatic N) is 2. The quantitative estimate of drug-likeness (QED) is 0.863. The fourth-order valence-electron chi connectivity index (χ4n) is 2.78. The van der Waals surface area contributed by atoms with Crippen molar-refractivity contribution in [2.45, 2.75) is 20.3 Å². The van der Waals surface area contributed by atoms with Gasteiger partial charge in [-0.25, -0.2) is 4.98 Å².